The van der Waals surface area contributed by atoms with E-state index in [0.29, 0.717) is 36.2 Å². The number of amides is 1. The van der Waals surface area contributed by atoms with Gasteiger partial charge in [-0.15, -0.1) is 0 Å². The molecule has 0 aliphatic carbocycles. The number of nitrogens with zero attached hydrogens (tertiary/aromatic N) is 2. The lowest BCUT2D eigenvalue weighted by atomic mass is 10.2. The Morgan fingerprint density at radius 2 is 2.16 bits per heavy atom. The highest BCUT2D eigenvalue weighted by molar-refractivity contribution is 7.98. The summed E-state index contributed by atoms with van der Waals surface area (Å²) >= 11 is 1.46. The number of aryl methyl sites for hydroxylation is 2. The van der Waals surface area contributed by atoms with E-state index in [1.165, 1.54) is 11.8 Å². The van der Waals surface area contributed by atoms with Crippen molar-refractivity contribution in [1.29, 1.82) is 0 Å². The molecule has 2 aromatic rings. The third-order valence-electron chi connectivity index (χ3n) is 3.87. The van der Waals surface area contributed by atoms with E-state index < -0.39 is 6.17 Å². The summed E-state index contributed by atoms with van der Waals surface area (Å²) in [6, 6.07) is 5.32. The van der Waals surface area contributed by atoms with E-state index in [4.69, 9.17) is 4.42 Å². The molecule has 134 valence electrons. The van der Waals surface area contributed by atoms with Crippen molar-refractivity contribution in [2.24, 2.45) is 0 Å². The van der Waals surface area contributed by atoms with Crippen LogP contribution in [0, 0.1) is 13.8 Å². The molecule has 0 unspecified atom stereocenters. The van der Waals surface area contributed by atoms with Gasteiger partial charge in [-0.25, -0.2) is 14.4 Å². The summed E-state index contributed by atoms with van der Waals surface area (Å²) in [5.41, 5.74) is 1.84. The first-order valence-corrected chi connectivity index (χ1v) is 9.17. The van der Waals surface area contributed by atoms with Crippen LogP contribution in [0.1, 0.15) is 34.1 Å². The minimum absolute atomic E-state index is 0.0225. The fraction of sp³-hybridized carbons (Fsp3) is 0.471. The first-order valence-electron chi connectivity index (χ1n) is 8.19. The quantitative estimate of drug-likeness (QED) is 0.605. The van der Waals surface area contributed by atoms with E-state index in [2.05, 4.69) is 20.6 Å². The van der Waals surface area contributed by atoms with Gasteiger partial charge in [-0.1, -0.05) is 11.8 Å². The molecule has 0 radical (unpaired) electrons. The van der Waals surface area contributed by atoms with Gasteiger partial charge >= 0.3 is 0 Å². The van der Waals surface area contributed by atoms with E-state index in [0.717, 1.165) is 11.4 Å². The second kappa shape index (κ2) is 7.97. The van der Waals surface area contributed by atoms with Crippen LogP contribution in [0.3, 0.4) is 0 Å². The summed E-state index contributed by atoms with van der Waals surface area (Å²) in [4.78, 5) is 20.8. The van der Waals surface area contributed by atoms with Crippen molar-refractivity contribution in [3.63, 3.8) is 0 Å². The number of nitrogens with one attached hydrogen (secondary N) is 2. The van der Waals surface area contributed by atoms with E-state index in [-0.39, 0.29) is 17.7 Å². The molecule has 1 aliphatic heterocycles. The molecule has 6 nitrogen and oxygen atoms in total. The van der Waals surface area contributed by atoms with Gasteiger partial charge in [0, 0.05) is 30.5 Å². The van der Waals surface area contributed by atoms with Crippen molar-refractivity contribution < 1.29 is 13.6 Å². The summed E-state index contributed by atoms with van der Waals surface area (Å²) < 4.78 is 18.7. The molecule has 2 N–H and O–H groups in total. The van der Waals surface area contributed by atoms with E-state index in [1.54, 1.807) is 12.1 Å². The second-order valence-electron chi connectivity index (χ2n) is 6.14. The molecule has 8 heteroatoms. The molecular formula is C17H21FN4O2S. The van der Waals surface area contributed by atoms with Gasteiger partial charge in [-0.3, -0.25) is 4.79 Å². The van der Waals surface area contributed by atoms with Crippen molar-refractivity contribution >= 4 is 17.7 Å². The number of alkyl halides is 1. The smallest absolute Gasteiger partial charge is 0.287 e. The van der Waals surface area contributed by atoms with Gasteiger partial charge in [-0.2, -0.15) is 0 Å². The Morgan fingerprint density at radius 1 is 1.40 bits per heavy atom. The Bertz CT molecular complexity index is 732. The molecule has 0 spiro atoms. The van der Waals surface area contributed by atoms with Gasteiger partial charge in [0.1, 0.15) is 11.9 Å². The number of aromatic nitrogens is 2. The number of thioether (sulfide) groups is 1. The number of furan rings is 1. The number of halogens is 1. The zero-order chi connectivity index (χ0) is 17.8. The fourth-order valence-electron chi connectivity index (χ4n) is 2.70. The minimum atomic E-state index is -0.832. The van der Waals surface area contributed by atoms with Crippen LogP contribution >= 0.6 is 11.8 Å². The van der Waals surface area contributed by atoms with Crippen LogP contribution in [0.2, 0.25) is 0 Å². The molecule has 1 amide bonds. The molecule has 1 aliphatic rings. The molecule has 2 aromatic heterocycles. The molecule has 3 rings (SSSR count). The number of carbonyl (C=O) groups is 1. The summed E-state index contributed by atoms with van der Waals surface area (Å²) in [6.07, 6.45) is -0.405. The summed E-state index contributed by atoms with van der Waals surface area (Å²) in [5, 5.41) is 6.49. The van der Waals surface area contributed by atoms with Crippen molar-refractivity contribution in [1.82, 2.24) is 20.6 Å². The Hall–Kier alpha value is -1.93. The van der Waals surface area contributed by atoms with Gasteiger partial charge in [0.05, 0.1) is 5.75 Å². The zero-order valence-electron chi connectivity index (χ0n) is 14.2. The van der Waals surface area contributed by atoms with E-state index >= 15 is 0 Å². The van der Waals surface area contributed by atoms with E-state index in [9.17, 15) is 9.18 Å². The third kappa shape index (κ3) is 5.02. The number of carbonyl (C=O) groups excluding carboxylic acids is 1. The average Bonchev–Trinajstić information content (AvgIpc) is 3.19. The van der Waals surface area contributed by atoms with Crippen LogP contribution < -0.4 is 10.6 Å². The maximum absolute atomic E-state index is 13.1. The Morgan fingerprint density at radius 3 is 2.84 bits per heavy atom. The average molecular weight is 364 g/mol. The number of hydrogen-bond acceptors (Lipinski definition) is 6. The molecule has 3 heterocycles. The topological polar surface area (TPSA) is 80.0 Å². The highest BCUT2D eigenvalue weighted by atomic mass is 32.2. The lowest BCUT2D eigenvalue weighted by Gasteiger charge is -2.10. The van der Waals surface area contributed by atoms with Gasteiger partial charge in [0.15, 0.2) is 10.9 Å². The van der Waals surface area contributed by atoms with Crippen LogP contribution in [0.15, 0.2) is 27.8 Å². The van der Waals surface area contributed by atoms with Gasteiger partial charge in [-0.05, 0) is 38.5 Å². The van der Waals surface area contributed by atoms with Crippen LogP contribution in [-0.4, -0.2) is 41.2 Å². The lowest BCUT2D eigenvalue weighted by molar-refractivity contribution is 0.0921. The zero-order valence-corrected chi connectivity index (χ0v) is 15.0. The van der Waals surface area contributed by atoms with Crippen molar-refractivity contribution in [2.45, 2.75) is 43.4 Å². The fourth-order valence-corrected chi connectivity index (χ4v) is 3.54. The molecule has 0 aromatic carbocycles. The summed E-state index contributed by atoms with van der Waals surface area (Å²) in [5.74, 6) is 1.19. The molecule has 0 saturated carbocycles. The third-order valence-corrected chi connectivity index (χ3v) is 4.74. The normalized spacial score (nSPS) is 20.0. The second-order valence-corrected chi connectivity index (χ2v) is 7.08. The monoisotopic (exact) mass is 364 g/mol. The van der Waals surface area contributed by atoms with Gasteiger partial charge in [0.2, 0.25) is 0 Å². The molecular weight excluding hydrogens is 343 g/mol. The molecule has 1 fully saturated rings. The van der Waals surface area contributed by atoms with Crippen LogP contribution in [0.4, 0.5) is 4.39 Å². The number of rotatable bonds is 6. The predicted octanol–water partition coefficient (Wildman–Crippen LogP) is 2.41. The van der Waals surface area contributed by atoms with Crippen LogP contribution in [0.25, 0.3) is 0 Å². The molecule has 0 bridgehead atoms. The minimum Gasteiger partial charge on any atom is -0.455 e. The first-order chi connectivity index (χ1) is 12.0. The highest BCUT2D eigenvalue weighted by Gasteiger charge is 2.24. The maximum Gasteiger partial charge on any atom is 0.287 e. The van der Waals surface area contributed by atoms with E-state index in [1.807, 2.05) is 19.9 Å². The highest BCUT2D eigenvalue weighted by Crippen LogP contribution is 2.21. The Labute approximate surface area is 150 Å². The van der Waals surface area contributed by atoms with Crippen LogP contribution in [-0.2, 0) is 5.75 Å². The van der Waals surface area contributed by atoms with Crippen molar-refractivity contribution in [3.05, 3.63) is 41.1 Å². The molecule has 1 saturated heterocycles. The standard InChI is InChI=1S/C17H21FN4O2S/c1-10-5-11(2)22-17(21-10)25-9-14-3-4-15(24-14)16(23)20-8-13-6-12(18)7-19-13/h3-5,12-13,19H,6-9H2,1-2H3,(H,20,23)/t12-,13-/m0/s1. The Balaban J connectivity index is 1.50. The lowest BCUT2D eigenvalue weighted by Crippen LogP contribution is -2.37. The molecule has 2 atom stereocenters. The first kappa shape index (κ1) is 17.9. The maximum atomic E-state index is 13.1. The van der Waals surface area contributed by atoms with Crippen LogP contribution in [0.5, 0.6) is 0 Å². The summed E-state index contributed by atoms with van der Waals surface area (Å²) in [6.45, 7) is 4.60. The van der Waals surface area contributed by atoms with Gasteiger partial charge in [0.25, 0.3) is 5.91 Å². The predicted molar refractivity (Wildman–Crippen MR) is 93.4 cm³/mol. The Kier molecular flexibility index (Phi) is 5.70. The number of hydrogen-bond donors (Lipinski definition) is 2. The van der Waals surface area contributed by atoms with Crippen molar-refractivity contribution in [2.75, 3.05) is 13.1 Å². The molecule has 25 heavy (non-hydrogen) atoms. The summed E-state index contributed by atoms with van der Waals surface area (Å²) in [7, 11) is 0. The largest absolute Gasteiger partial charge is 0.455 e. The van der Waals surface area contributed by atoms with Gasteiger partial charge < -0.3 is 15.1 Å². The SMILES string of the molecule is Cc1cc(C)nc(SCc2ccc(C(=O)NC[C@@H]3C[C@H](F)CN3)o2)n1. The van der Waals surface area contributed by atoms with Crippen molar-refractivity contribution in [3.8, 4) is 0 Å².